The molecule has 0 unspecified atom stereocenters. The van der Waals surface area contributed by atoms with Gasteiger partial charge in [-0.3, -0.25) is 0 Å². The molecule has 1 aliphatic carbocycles. The van der Waals surface area contributed by atoms with E-state index in [-0.39, 0.29) is 0 Å². The Balaban J connectivity index is 2.60. The van der Waals surface area contributed by atoms with Crippen LogP contribution in [0.15, 0.2) is 11.1 Å². The Hall–Kier alpha value is 0.0300. The van der Waals surface area contributed by atoms with Gasteiger partial charge in [0.25, 0.3) is 0 Å². The smallest absolute Gasteiger partial charge is 0.0410 e. The van der Waals surface area contributed by atoms with Crippen molar-refractivity contribution in [2.75, 3.05) is 0 Å². The molecule has 0 aromatic heterocycles. The highest BCUT2D eigenvalue weighted by molar-refractivity contribution is 6.21. The van der Waals surface area contributed by atoms with Gasteiger partial charge >= 0.3 is 0 Å². The van der Waals surface area contributed by atoms with Gasteiger partial charge in [-0.25, -0.2) is 0 Å². The van der Waals surface area contributed by atoms with Crippen LogP contribution < -0.4 is 0 Å². The van der Waals surface area contributed by atoms with E-state index in [1.165, 1.54) is 11.1 Å². The van der Waals surface area contributed by atoms with E-state index in [0.717, 1.165) is 12.8 Å². The summed E-state index contributed by atoms with van der Waals surface area (Å²) in [4.78, 5) is 0. The van der Waals surface area contributed by atoms with E-state index in [1.54, 1.807) is 0 Å². The van der Waals surface area contributed by atoms with Crippen molar-refractivity contribution in [3.8, 4) is 0 Å². The van der Waals surface area contributed by atoms with Crippen molar-refractivity contribution in [1.82, 2.24) is 0 Å². The number of rotatable bonds is 0. The average molecular weight is 131 g/mol. The topological polar surface area (TPSA) is 0 Å². The predicted octanol–water partition coefficient (Wildman–Crippen LogP) is 2.72. The number of hydrogen-bond donors (Lipinski definition) is 0. The third kappa shape index (κ3) is 1.05. The predicted molar refractivity (Wildman–Crippen MR) is 37.2 cm³/mol. The first-order chi connectivity index (χ1) is 3.70. The lowest BCUT2D eigenvalue weighted by atomic mass is 10.2. The van der Waals surface area contributed by atoms with Crippen LogP contribution in [0.5, 0.6) is 0 Å². The molecule has 1 rings (SSSR count). The second kappa shape index (κ2) is 2.10. The molecule has 0 saturated heterocycles. The molecular formula is C7H11Cl. The van der Waals surface area contributed by atoms with Crippen molar-refractivity contribution in [1.29, 1.82) is 0 Å². The molecule has 0 aromatic carbocycles. The Morgan fingerprint density at radius 1 is 1.25 bits per heavy atom. The number of allylic oxidation sites excluding steroid dienone is 2. The molecule has 0 fully saturated rings. The van der Waals surface area contributed by atoms with Gasteiger partial charge in [0.1, 0.15) is 0 Å². The number of hydrogen-bond acceptors (Lipinski definition) is 0. The zero-order chi connectivity index (χ0) is 6.15. The van der Waals surface area contributed by atoms with E-state index in [4.69, 9.17) is 11.6 Å². The molecule has 0 atom stereocenters. The monoisotopic (exact) mass is 130 g/mol. The minimum atomic E-state index is 0.398. The molecule has 46 valence electrons. The van der Waals surface area contributed by atoms with Crippen LogP contribution in [0.25, 0.3) is 0 Å². The maximum atomic E-state index is 5.86. The Kier molecular flexibility index (Phi) is 1.62. The molecule has 0 saturated carbocycles. The fourth-order valence-corrected chi connectivity index (χ4v) is 1.55. The zero-order valence-electron chi connectivity index (χ0n) is 5.37. The molecule has 0 radical (unpaired) electrons. The average Bonchev–Trinajstić information content (AvgIpc) is 1.85. The highest BCUT2D eigenvalue weighted by atomic mass is 35.5. The Morgan fingerprint density at radius 2 is 1.62 bits per heavy atom. The molecule has 1 heteroatoms. The van der Waals surface area contributed by atoms with Crippen molar-refractivity contribution in [3.63, 3.8) is 0 Å². The lowest BCUT2D eigenvalue weighted by molar-refractivity contribution is 0.903. The van der Waals surface area contributed by atoms with Gasteiger partial charge < -0.3 is 0 Å². The van der Waals surface area contributed by atoms with Crippen LogP contribution in [0, 0.1) is 0 Å². The maximum absolute atomic E-state index is 5.86. The normalized spacial score (nSPS) is 22.9. The van der Waals surface area contributed by atoms with Crippen molar-refractivity contribution in [2.24, 2.45) is 0 Å². The number of alkyl halides is 1. The van der Waals surface area contributed by atoms with Gasteiger partial charge in [0.15, 0.2) is 0 Å². The molecule has 0 spiro atoms. The summed E-state index contributed by atoms with van der Waals surface area (Å²) in [6, 6.07) is 0. The van der Waals surface area contributed by atoms with Crippen LogP contribution in [0.3, 0.4) is 0 Å². The fraction of sp³-hybridized carbons (Fsp3) is 0.714. The second-order valence-electron chi connectivity index (χ2n) is 2.57. The summed E-state index contributed by atoms with van der Waals surface area (Å²) in [6.45, 7) is 4.33. The SMILES string of the molecule is CC1=C(C)CC(Cl)C1. The van der Waals surface area contributed by atoms with Crippen LogP contribution in [0.4, 0.5) is 0 Å². The quantitative estimate of drug-likeness (QED) is 0.350. The molecule has 8 heavy (non-hydrogen) atoms. The lowest BCUT2D eigenvalue weighted by Crippen LogP contribution is -1.87. The minimum absolute atomic E-state index is 0.398. The molecule has 0 amide bonds. The fourth-order valence-electron chi connectivity index (χ4n) is 1.09. The van der Waals surface area contributed by atoms with Crippen LogP contribution >= 0.6 is 11.6 Å². The molecule has 0 bridgehead atoms. The molecule has 0 N–H and O–H groups in total. The number of halogens is 1. The summed E-state index contributed by atoms with van der Waals surface area (Å²) in [6.07, 6.45) is 2.21. The van der Waals surface area contributed by atoms with E-state index in [9.17, 15) is 0 Å². The third-order valence-electron chi connectivity index (χ3n) is 1.78. The van der Waals surface area contributed by atoms with E-state index >= 15 is 0 Å². The van der Waals surface area contributed by atoms with Gasteiger partial charge in [0, 0.05) is 5.38 Å². The van der Waals surface area contributed by atoms with Gasteiger partial charge in [-0.1, -0.05) is 11.1 Å². The third-order valence-corrected chi connectivity index (χ3v) is 2.09. The first kappa shape index (κ1) is 6.15. The van der Waals surface area contributed by atoms with Crippen LogP contribution in [0.1, 0.15) is 26.7 Å². The van der Waals surface area contributed by atoms with Crippen LogP contribution in [-0.2, 0) is 0 Å². The van der Waals surface area contributed by atoms with Gasteiger partial charge in [-0.15, -0.1) is 11.6 Å². The molecular weight excluding hydrogens is 120 g/mol. The second-order valence-corrected chi connectivity index (χ2v) is 3.18. The van der Waals surface area contributed by atoms with E-state index in [2.05, 4.69) is 13.8 Å². The van der Waals surface area contributed by atoms with Gasteiger partial charge in [-0.05, 0) is 26.7 Å². The van der Waals surface area contributed by atoms with Gasteiger partial charge in [-0.2, -0.15) is 0 Å². The van der Waals surface area contributed by atoms with E-state index < -0.39 is 0 Å². The van der Waals surface area contributed by atoms with Crippen molar-refractivity contribution in [2.45, 2.75) is 32.1 Å². The highest BCUT2D eigenvalue weighted by Gasteiger charge is 2.15. The molecule has 0 heterocycles. The summed E-state index contributed by atoms with van der Waals surface area (Å²) in [7, 11) is 0. The Morgan fingerprint density at radius 3 is 1.75 bits per heavy atom. The first-order valence-electron chi connectivity index (χ1n) is 2.99. The zero-order valence-corrected chi connectivity index (χ0v) is 6.13. The maximum Gasteiger partial charge on any atom is 0.0410 e. The Bertz CT molecular complexity index is 110. The largest absolute Gasteiger partial charge is 0.122 e. The van der Waals surface area contributed by atoms with Gasteiger partial charge in [0.05, 0.1) is 0 Å². The summed E-state index contributed by atoms with van der Waals surface area (Å²) in [5.41, 5.74) is 2.98. The van der Waals surface area contributed by atoms with Crippen molar-refractivity contribution < 1.29 is 0 Å². The lowest BCUT2D eigenvalue weighted by Gasteiger charge is -1.92. The van der Waals surface area contributed by atoms with Crippen LogP contribution in [-0.4, -0.2) is 5.38 Å². The minimum Gasteiger partial charge on any atom is -0.122 e. The highest BCUT2D eigenvalue weighted by Crippen LogP contribution is 2.28. The molecule has 1 aliphatic rings. The Labute approximate surface area is 55.5 Å². The molecule has 0 aromatic rings. The van der Waals surface area contributed by atoms with Crippen LogP contribution in [0.2, 0.25) is 0 Å². The summed E-state index contributed by atoms with van der Waals surface area (Å²) in [5.74, 6) is 0. The summed E-state index contributed by atoms with van der Waals surface area (Å²) < 4.78 is 0. The first-order valence-corrected chi connectivity index (χ1v) is 3.43. The molecule has 0 aliphatic heterocycles. The molecule has 0 nitrogen and oxygen atoms in total. The summed E-state index contributed by atoms with van der Waals surface area (Å²) >= 11 is 5.86. The van der Waals surface area contributed by atoms with Gasteiger partial charge in [0.2, 0.25) is 0 Å². The summed E-state index contributed by atoms with van der Waals surface area (Å²) in [5, 5.41) is 0.398. The van der Waals surface area contributed by atoms with Crippen molar-refractivity contribution in [3.05, 3.63) is 11.1 Å². The van der Waals surface area contributed by atoms with E-state index in [0.29, 0.717) is 5.38 Å². The van der Waals surface area contributed by atoms with E-state index in [1.807, 2.05) is 0 Å². The standard InChI is InChI=1S/C7H11Cl/c1-5-3-7(8)4-6(5)2/h7H,3-4H2,1-2H3. The van der Waals surface area contributed by atoms with Crippen molar-refractivity contribution >= 4 is 11.6 Å².